The summed E-state index contributed by atoms with van der Waals surface area (Å²) in [6.07, 6.45) is 0. The minimum atomic E-state index is 0.555. The van der Waals surface area contributed by atoms with Gasteiger partial charge in [0.25, 0.3) is 0 Å². The van der Waals surface area contributed by atoms with E-state index in [2.05, 4.69) is 16.4 Å². The Balaban J connectivity index is 1.82. The fourth-order valence-corrected chi connectivity index (χ4v) is 2.31. The first-order valence-electron chi connectivity index (χ1n) is 6.54. The van der Waals surface area contributed by atoms with Crippen LogP contribution in [-0.2, 0) is 6.54 Å². The smallest absolute Gasteiger partial charge is 0.0992 e. The van der Waals surface area contributed by atoms with Gasteiger partial charge in [-0.25, -0.2) is 0 Å². The number of para-hydroxylation sites is 1. The van der Waals surface area contributed by atoms with Crippen molar-refractivity contribution in [3.8, 4) is 6.07 Å². The first kappa shape index (κ1) is 13.4. The first-order valence-corrected chi connectivity index (χ1v) is 6.92. The molecule has 0 aliphatic rings. The highest BCUT2D eigenvalue weighted by Gasteiger charge is 2.03. The number of rotatable bonds is 3. The van der Waals surface area contributed by atoms with Gasteiger partial charge in [0.15, 0.2) is 0 Å². The Hall–Kier alpha value is -2.57. The number of nitriles is 1. The molecular formula is C17H12ClN3. The molecule has 1 aromatic heterocycles. The monoisotopic (exact) mass is 293 g/mol. The third-order valence-corrected chi connectivity index (χ3v) is 3.54. The van der Waals surface area contributed by atoms with Gasteiger partial charge < -0.3 is 5.32 Å². The fourth-order valence-electron chi connectivity index (χ4n) is 2.12. The molecule has 0 saturated heterocycles. The van der Waals surface area contributed by atoms with Crippen LogP contribution >= 0.6 is 11.6 Å². The molecule has 0 atom stereocenters. The van der Waals surface area contributed by atoms with Crippen LogP contribution in [0.5, 0.6) is 0 Å². The second-order valence-corrected chi connectivity index (χ2v) is 5.06. The van der Waals surface area contributed by atoms with Crippen molar-refractivity contribution in [2.75, 3.05) is 5.32 Å². The topological polar surface area (TPSA) is 48.7 Å². The maximum atomic E-state index is 8.92. The van der Waals surface area contributed by atoms with Crippen molar-refractivity contribution in [3.05, 3.63) is 70.9 Å². The summed E-state index contributed by atoms with van der Waals surface area (Å²) in [6, 6.07) is 19.3. The van der Waals surface area contributed by atoms with Crippen LogP contribution in [0.2, 0.25) is 5.02 Å². The molecule has 4 heteroatoms. The van der Waals surface area contributed by atoms with Gasteiger partial charge in [-0.15, -0.1) is 0 Å². The van der Waals surface area contributed by atoms with Gasteiger partial charge >= 0.3 is 0 Å². The third kappa shape index (κ3) is 2.96. The van der Waals surface area contributed by atoms with Crippen LogP contribution in [0.15, 0.2) is 54.6 Å². The van der Waals surface area contributed by atoms with Crippen molar-refractivity contribution >= 4 is 28.2 Å². The molecular weight excluding hydrogens is 282 g/mol. The Morgan fingerprint density at radius 1 is 1.10 bits per heavy atom. The molecule has 102 valence electrons. The molecule has 21 heavy (non-hydrogen) atoms. The summed E-state index contributed by atoms with van der Waals surface area (Å²) in [5.74, 6) is 0. The lowest BCUT2D eigenvalue weighted by Gasteiger charge is -2.09. The number of hydrogen-bond donors (Lipinski definition) is 1. The van der Waals surface area contributed by atoms with Crippen molar-refractivity contribution in [1.29, 1.82) is 5.26 Å². The fraction of sp³-hybridized carbons (Fsp3) is 0.0588. The summed E-state index contributed by atoms with van der Waals surface area (Å²) in [6.45, 7) is 0.555. The zero-order chi connectivity index (χ0) is 14.7. The normalized spacial score (nSPS) is 10.3. The van der Waals surface area contributed by atoms with Crippen LogP contribution in [0.25, 0.3) is 10.9 Å². The average molecular weight is 294 g/mol. The van der Waals surface area contributed by atoms with Gasteiger partial charge in [0.05, 0.1) is 40.1 Å². The summed E-state index contributed by atoms with van der Waals surface area (Å²) in [5, 5.41) is 13.9. The lowest BCUT2D eigenvalue weighted by molar-refractivity contribution is 1.07. The largest absolute Gasteiger partial charge is 0.378 e. The third-order valence-electron chi connectivity index (χ3n) is 3.21. The number of nitrogens with zero attached hydrogens (tertiary/aromatic N) is 2. The van der Waals surface area contributed by atoms with Crippen LogP contribution in [0, 0.1) is 11.3 Å². The van der Waals surface area contributed by atoms with Gasteiger partial charge in [-0.05, 0) is 30.3 Å². The number of halogens is 1. The predicted octanol–water partition coefficient (Wildman–Crippen LogP) is 4.37. The number of fused-ring (bicyclic) bond motifs is 1. The van der Waals surface area contributed by atoms with Crippen molar-refractivity contribution in [3.63, 3.8) is 0 Å². The van der Waals surface area contributed by atoms with Gasteiger partial charge in [-0.2, -0.15) is 5.26 Å². The highest BCUT2D eigenvalue weighted by atomic mass is 35.5. The van der Waals surface area contributed by atoms with Gasteiger partial charge in [0.1, 0.15) is 0 Å². The molecule has 3 nitrogen and oxygen atoms in total. The molecule has 0 bridgehead atoms. The number of benzene rings is 2. The van der Waals surface area contributed by atoms with Gasteiger partial charge in [0, 0.05) is 5.39 Å². The number of aromatic nitrogens is 1. The van der Waals surface area contributed by atoms with Crippen LogP contribution in [-0.4, -0.2) is 4.98 Å². The lowest BCUT2D eigenvalue weighted by Crippen LogP contribution is -2.02. The van der Waals surface area contributed by atoms with Crippen molar-refractivity contribution in [2.45, 2.75) is 6.54 Å². The van der Waals surface area contributed by atoms with Gasteiger partial charge in [0.2, 0.25) is 0 Å². The highest BCUT2D eigenvalue weighted by molar-refractivity contribution is 6.33. The maximum Gasteiger partial charge on any atom is 0.0992 e. The van der Waals surface area contributed by atoms with E-state index in [0.29, 0.717) is 17.1 Å². The zero-order valence-electron chi connectivity index (χ0n) is 11.2. The highest BCUT2D eigenvalue weighted by Crippen LogP contribution is 2.23. The Morgan fingerprint density at radius 2 is 1.95 bits per heavy atom. The Labute approximate surface area is 127 Å². The average Bonchev–Trinajstić information content (AvgIpc) is 2.54. The van der Waals surface area contributed by atoms with Crippen molar-refractivity contribution in [2.24, 2.45) is 0 Å². The summed E-state index contributed by atoms with van der Waals surface area (Å²) in [5.41, 5.74) is 3.21. The van der Waals surface area contributed by atoms with E-state index in [0.717, 1.165) is 22.3 Å². The molecule has 0 amide bonds. The van der Waals surface area contributed by atoms with Crippen LogP contribution in [0.3, 0.4) is 0 Å². The van der Waals surface area contributed by atoms with Crippen molar-refractivity contribution in [1.82, 2.24) is 4.98 Å². The second kappa shape index (κ2) is 5.82. The molecule has 1 N–H and O–H groups in total. The first-order chi connectivity index (χ1) is 10.3. The molecule has 3 aromatic rings. The van der Waals surface area contributed by atoms with E-state index in [1.807, 2.05) is 36.4 Å². The molecule has 0 unspecified atom stereocenters. The molecule has 0 aliphatic heterocycles. The number of pyridine rings is 1. The van der Waals surface area contributed by atoms with Gasteiger partial charge in [-0.1, -0.05) is 35.9 Å². The molecule has 0 saturated carbocycles. The predicted molar refractivity (Wildman–Crippen MR) is 85.2 cm³/mol. The lowest BCUT2D eigenvalue weighted by atomic mass is 10.2. The quantitative estimate of drug-likeness (QED) is 0.780. The Kier molecular flexibility index (Phi) is 3.72. The van der Waals surface area contributed by atoms with E-state index in [-0.39, 0.29) is 0 Å². The molecule has 2 aromatic carbocycles. The van der Waals surface area contributed by atoms with Gasteiger partial charge in [-0.3, -0.25) is 4.98 Å². The molecule has 0 spiro atoms. The SMILES string of the molecule is N#Cc1ccc(Cl)c(NCc2ccc3ccccc3n2)c1. The zero-order valence-corrected chi connectivity index (χ0v) is 11.9. The molecule has 0 radical (unpaired) electrons. The standard InChI is InChI=1S/C17H12ClN3/c18-15-8-5-12(10-19)9-17(15)20-11-14-7-6-13-3-1-2-4-16(13)21-14/h1-9,20H,11H2. The number of anilines is 1. The summed E-state index contributed by atoms with van der Waals surface area (Å²) < 4.78 is 0. The van der Waals surface area contributed by atoms with Crippen LogP contribution in [0.4, 0.5) is 5.69 Å². The maximum absolute atomic E-state index is 8.92. The van der Waals surface area contributed by atoms with E-state index < -0.39 is 0 Å². The Morgan fingerprint density at radius 3 is 2.81 bits per heavy atom. The Bertz CT molecular complexity index is 837. The summed E-state index contributed by atoms with van der Waals surface area (Å²) >= 11 is 6.12. The molecule has 0 aliphatic carbocycles. The van der Waals surface area contributed by atoms with E-state index >= 15 is 0 Å². The second-order valence-electron chi connectivity index (χ2n) is 4.66. The number of nitrogens with one attached hydrogen (secondary N) is 1. The minimum absolute atomic E-state index is 0.555. The summed E-state index contributed by atoms with van der Waals surface area (Å²) in [7, 11) is 0. The van der Waals surface area contributed by atoms with E-state index in [1.54, 1.807) is 18.2 Å². The number of hydrogen-bond acceptors (Lipinski definition) is 3. The van der Waals surface area contributed by atoms with Crippen LogP contribution < -0.4 is 5.32 Å². The van der Waals surface area contributed by atoms with E-state index in [4.69, 9.17) is 16.9 Å². The van der Waals surface area contributed by atoms with Crippen LogP contribution in [0.1, 0.15) is 11.3 Å². The molecule has 3 rings (SSSR count). The van der Waals surface area contributed by atoms with E-state index in [9.17, 15) is 0 Å². The molecule has 1 heterocycles. The molecule has 0 fully saturated rings. The van der Waals surface area contributed by atoms with E-state index in [1.165, 1.54) is 0 Å². The summed E-state index contributed by atoms with van der Waals surface area (Å²) in [4.78, 5) is 4.59. The van der Waals surface area contributed by atoms with Crippen molar-refractivity contribution < 1.29 is 0 Å². The minimum Gasteiger partial charge on any atom is -0.378 e.